The zero-order valence-corrected chi connectivity index (χ0v) is 19.1. The molecule has 0 aromatic carbocycles. The van der Waals surface area contributed by atoms with E-state index in [4.69, 9.17) is 10.8 Å². The first kappa shape index (κ1) is 29.3. The van der Waals surface area contributed by atoms with Gasteiger partial charge in [-0.3, -0.25) is 19.2 Å². The van der Waals surface area contributed by atoms with Crippen molar-refractivity contribution in [2.75, 3.05) is 0 Å². The van der Waals surface area contributed by atoms with Crippen molar-refractivity contribution in [3.05, 3.63) is 0 Å². The van der Waals surface area contributed by atoms with Gasteiger partial charge in [-0.25, -0.2) is 4.79 Å². The molecular formula is C20H36N4O8. The molecule has 12 heteroatoms. The van der Waals surface area contributed by atoms with Gasteiger partial charge >= 0.3 is 11.9 Å². The van der Waals surface area contributed by atoms with Crippen molar-refractivity contribution < 1.29 is 39.3 Å². The standard InChI is InChI=1S/C20H36N4O8/c1-9(2)6-12(21)17(28)22-13(8-15(26)27)18(29)24-16(11(5)25)19(30)23-14(20(31)32)7-10(3)4/h9-14,16,25H,6-8,21H2,1-5H3,(H,22,28)(H,23,30)(H,24,29)(H,26,27)(H,31,32). The Morgan fingerprint density at radius 3 is 1.66 bits per heavy atom. The summed E-state index contributed by atoms with van der Waals surface area (Å²) in [6, 6.07) is -5.35. The van der Waals surface area contributed by atoms with Crippen LogP contribution >= 0.6 is 0 Å². The quantitative estimate of drug-likeness (QED) is 0.166. The Kier molecular flexibility index (Phi) is 12.5. The Balaban J connectivity index is 5.43. The highest BCUT2D eigenvalue weighted by molar-refractivity contribution is 5.95. The van der Waals surface area contributed by atoms with E-state index in [1.165, 1.54) is 6.92 Å². The lowest BCUT2D eigenvalue weighted by atomic mass is 10.0. The zero-order chi connectivity index (χ0) is 25.2. The molecule has 5 unspecified atom stereocenters. The number of aliphatic hydroxyl groups excluding tert-OH is 1. The van der Waals surface area contributed by atoms with E-state index < -0.39 is 66.4 Å². The maximum Gasteiger partial charge on any atom is 0.326 e. The lowest BCUT2D eigenvalue weighted by Crippen LogP contribution is -2.60. The number of rotatable bonds is 14. The van der Waals surface area contributed by atoms with Crippen LogP contribution in [0.25, 0.3) is 0 Å². The summed E-state index contributed by atoms with van der Waals surface area (Å²) in [6.07, 6.45) is -1.80. The van der Waals surface area contributed by atoms with Crippen molar-refractivity contribution in [1.82, 2.24) is 16.0 Å². The molecule has 0 spiro atoms. The number of aliphatic hydroxyl groups is 1. The summed E-state index contributed by atoms with van der Waals surface area (Å²) >= 11 is 0. The van der Waals surface area contributed by atoms with Gasteiger partial charge in [0.05, 0.1) is 18.6 Å². The number of hydrogen-bond donors (Lipinski definition) is 7. The summed E-state index contributed by atoms with van der Waals surface area (Å²) in [5.41, 5.74) is 5.77. The van der Waals surface area contributed by atoms with Crippen LogP contribution in [0, 0.1) is 11.8 Å². The van der Waals surface area contributed by atoms with Crippen LogP contribution in [-0.2, 0) is 24.0 Å². The van der Waals surface area contributed by atoms with Crippen LogP contribution in [0.1, 0.15) is 53.9 Å². The van der Waals surface area contributed by atoms with Gasteiger partial charge in [-0.15, -0.1) is 0 Å². The van der Waals surface area contributed by atoms with E-state index in [0.717, 1.165) is 0 Å². The summed E-state index contributed by atoms with van der Waals surface area (Å²) in [6.45, 7) is 8.40. The predicted molar refractivity (Wildman–Crippen MR) is 114 cm³/mol. The van der Waals surface area contributed by atoms with E-state index in [-0.39, 0.29) is 18.3 Å². The molecule has 0 aromatic heterocycles. The van der Waals surface area contributed by atoms with Crippen LogP contribution in [0.4, 0.5) is 0 Å². The summed E-state index contributed by atoms with van der Waals surface area (Å²) in [5.74, 6) is -5.37. The van der Waals surface area contributed by atoms with Crippen molar-refractivity contribution in [2.24, 2.45) is 17.6 Å². The minimum atomic E-state index is -1.57. The molecule has 0 saturated carbocycles. The first-order valence-corrected chi connectivity index (χ1v) is 10.4. The van der Waals surface area contributed by atoms with Gasteiger partial charge < -0.3 is 37.0 Å². The van der Waals surface area contributed by atoms with Gasteiger partial charge in [-0.05, 0) is 31.6 Å². The number of carbonyl (C=O) groups excluding carboxylic acids is 3. The molecule has 0 rings (SSSR count). The van der Waals surface area contributed by atoms with Crippen molar-refractivity contribution in [1.29, 1.82) is 0 Å². The van der Waals surface area contributed by atoms with Crippen LogP contribution in [0.15, 0.2) is 0 Å². The normalized spacial score (nSPS) is 15.9. The maximum atomic E-state index is 12.6. The zero-order valence-electron chi connectivity index (χ0n) is 19.1. The summed E-state index contributed by atoms with van der Waals surface area (Å²) in [7, 11) is 0. The summed E-state index contributed by atoms with van der Waals surface area (Å²) in [5, 5.41) is 35.0. The predicted octanol–water partition coefficient (Wildman–Crippen LogP) is -1.20. The maximum absolute atomic E-state index is 12.6. The second kappa shape index (κ2) is 13.6. The van der Waals surface area contributed by atoms with E-state index in [1.807, 2.05) is 13.8 Å². The van der Waals surface area contributed by atoms with Crippen LogP contribution in [-0.4, -0.2) is 75.3 Å². The molecule has 0 aliphatic rings. The average Bonchev–Trinajstić information content (AvgIpc) is 2.62. The molecule has 184 valence electrons. The van der Waals surface area contributed by atoms with E-state index in [1.54, 1.807) is 13.8 Å². The molecule has 32 heavy (non-hydrogen) atoms. The first-order valence-electron chi connectivity index (χ1n) is 10.4. The second-order valence-electron chi connectivity index (χ2n) is 8.65. The molecule has 5 atom stereocenters. The van der Waals surface area contributed by atoms with Crippen molar-refractivity contribution in [3.8, 4) is 0 Å². The monoisotopic (exact) mass is 460 g/mol. The van der Waals surface area contributed by atoms with Crippen LogP contribution in [0.3, 0.4) is 0 Å². The molecule has 0 bridgehead atoms. The summed E-state index contributed by atoms with van der Waals surface area (Å²) in [4.78, 5) is 60.0. The van der Waals surface area contributed by atoms with Gasteiger partial charge in [0.25, 0.3) is 0 Å². The fraction of sp³-hybridized carbons (Fsp3) is 0.750. The van der Waals surface area contributed by atoms with E-state index in [2.05, 4.69) is 16.0 Å². The lowest BCUT2D eigenvalue weighted by molar-refractivity contribution is -0.144. The number of hydrogen-bond acceptors (Lipinski definition) is 7. The highest BCUT2D eigenvalue weighted by atomic mass is 16.4. The number of carboxylic acid groups (broad SMARTS) is 2. The van der Waals surface area contributed by atoms with E-state index in [9.17, 15) is 34.2 Å². The molecule has 0 aromatic rings. The fourth-order valence-electron chi connectivity index (χ4n) is 2.89. The van der Waals surface area contributed by atoms with Crippen molar-refractivity contribution in [2.45, 2.75) is 84.2 Å². The lowest BCUT2D eigenvalue weighted by Gasteiger charge is -2.26. The molecule has 12 nitrogen and oxygen atoms in total. The number of amides is 3. The Hall–Kier alpha value is -2.73. The third-order valence-corrected chi connectivity index (χ3v) is 4.46. The number of carbonyl (C=O) groups is 5. The Morgan fingerprint density at radius 1 is 0.750 bits per heavy atom. The number of nitrogens with one attached hydrogen (secondary N) is 3. The molecule has 3 amide bonds. The minimum Gasteiger partial charge on any atom is -0.481 e. The van der Waals surface area contributed by atoms with Gasteiger partial charge in [0.2, 0.25) is 17.7 Å². The number of nitrogens with two attached hydrogens (primary N) is 1. The molecule has 8 N–H and O–H groups in total. The van der Waals surface area contributed by atoms with E-state index in [0.29, 0.717) is 6.42 Å². The largest absolute Gasteiger partial charge is 0.481 e. The molecule has 0 fully saturated rings. The smallest absolute Gasteiger partial charge is 0.326 e. The van der Waals surface area contributed by atoms with Gasteiger partial charge in [0.15, 0.2) is 0 Å². The van der Waals surface area contributed by atoms with Crippen molar-refractivity contribution >= 4 is 29.7 Å². The average molecular weight is 461 g/mol. The Labute approximate surface area is 187 Å². The van der Waals surface area contributed by atoms with Gasteiger partial charge in [0.1, 0.15) is 18.1 Å². The number of carboxylic acids is 2. The SMILES string of the molecule is CC(C)CC(N)C(=O)NC(CC(=O)O)C(=O)NC(C(=O)NC(CC(C)C)C(=O)O)C(C)O. The number of aliphatic carboxylic acids is 2. The minimum absolute atomic E-state index is 0.0544. The highest BCUT2D eigenvalue weighted by Gasteiger charge is 2.33. The van der Waals surface area contributed by atoms with Gasteiger partial charge in [-0.1, -0.05) is 27.7 Å². The Bertz CT molecular complexity index is 681. The summed E-state index contributed by atoms with van der Waals surface area (Å²) < 4.78 is 0. The van der Waals surface area contributed by atoms with Crippen LogP contribution in [0.2, 0.25) is 0 Å². The van der Waals surface area contributed by atoms with E-state index >= 15 is 0 Å². The van der Waals surface area contributed by atoms with Crippen LogP contribution < -0.4 is 21.7 Å². The van der Waals surface area contributed by atoms with Gasteiger partial charge in [0, 0.05) is 0 Å². The van der Waals surface area contributed by atoms with Crippen molar-refractivity contribution in [3.63, 3.8) is 0 Å². The fourth-order valence-corrected chi connectivity index (χ4v) is 2.89. The van der Waals surface area contributed by atoms with Gasteiger partial charge in [-0.2, -0.15) is 0 Å². The molecule has 0 saturated heterocycles. The Morgan fingerprint density at radius 2 is 1.25 bits per heavy atom. The topological polar surface area (TPSA) is 208 Å². The molecular weight excluding hydrogens is 424 g/mol. The third kappa shape index (κ3) is 11.0. The molecule has 0 aliphatic heterocycles. The highest BCUT2D eigenvalue weighted by Crippen LogP contribution is 2.07. The molecule has 0 radical (unpaired) electrons. The molecule has 0 aliphatic carbocycles. The van der Waals surface area contributed by atoms with Crippen LogP contribution in [0.5, 0.6) is 0 Å². The first-order chi connectivity index (χ1) is 14.6. The third-order valence-electron chi connectivity index (χ3n) is 4.46. The second-order valence-corrected chi connectivity index (χ2v) is 8.65. The molecule has 0 heterocycles.